The Morgan fingerprint density at radius 2 is 1.89 bits per heavy atom. The van der Waals surface area contributed by atoms with Crippen LogP contribution in [0.1, 0.15) is 38.3 Å². The fourth-order valence-corrected chi connectivity index (χ4v) is 2.52. The zero-order chi connectivity index (χ0) is 13.1. The summed E-state index contributed by atoms with van der Waals surface area (Å²) >= 11 is 0. The van der Waals surface area contributed by atoms with Crippen LogP contribution in [0.4, 0.5) is 5.69 Å². The van der Waals surface area contributed by atoms with E-state index in [9.17, 15) is 0 Å². The highest BCUT2D eigenvalue weighted by atomic mass is 15.1. The second kappa shape index (κ2) is 5.91. The normalized spacial score (nSPS) is 18.6. The number of pyridine rings is 1. The van der Waals surface area contributed by atoms with Gasteiger partial charge in [-0.1, -0.05) is 6.92 Å². The van der Waals surface area contributed by atoms with Gasteiger partial charge >= 0.3 is 0 Å². The standard InChI is InChI=1S/C16H25N3/c1-2-17-10-15-9-16(7-8-18-15)19(11-13-3-4-13)12-14-5-6-14/h7-9,13-14,17H,2-6,10-12H2,1H3. The van der Waals surface area contributed by atoms with Crippen molar-refractivity contribution in [2.45, 2.75) is 39.2 Å². The highest BCUT2D eigenvalue weighted by Gasteiger charge is 2.29. The highest BCUT2D eigenvalue weighted by molar-refractivity contribution is 5.47. The maximum Gasteiger partial charge on any atom is 0.0562 e. The second-order valence-corrected chi connectivity index (χ2v) is 6.08. The summed E-state index contributed by atoms with van der Waals surface area (Å²) < 4.78 is 0. The lowest BCUT2D eigenvalue weighted by Crippen LogP contribution is -2.28. The third-order valence-corrected chi connectivity index (χ3v) is 4.07. The molecule has 0 atom stereocenters. The molecule has 19 heavy (non-hydrogen) atoms. The maximum atomic E-state index is 4.46. The van der Waals surface area contributed by atoms with E-state index in [0.29, 0.717) is 0 Å². The molecule has 0 aliphatic heterocycles. The molecule has 1 aromatic heterocycles. The molecule has 3 nitrogen and oxygen atoms in total. The van der Waals surface area contributed by atoms with Crippen LogP contribution < -0.4 is 10.2 Å². The van der Waals surface area contributed by atoms with E-state index in [0.717, 1.165) is 30.6 Å². The molecule has 2 saturated carbocycles. The Labute approximate surface area is 116 Å². The summed E-state index contributed by atoms with van der Waals surface area (Å²) in [6.45, 7) is 6.52. The number of nitrogens with zero attached hydrogens (tertiary/aromatic N) is 2. The van der Waals surface area contributed by atoms with Crippen molar-refractivity contribution >= 4 is 5.69 Å². The predicted octanol–water partition coefficient (Wildman–Crippen LogP) is 2.82. The van der Waals surface area contributed by atoms with Crippen LogP contribution in [0, 0.1) is 11.8 Å². The molecular formula is C16H25N3. The van der Waals surface area contributed by atoms with Gasteiger partial charge in [-0.15, -0.1) is 0 Å². The molecule has 2 aliphatic carbocycles. The largest absolute Gasteiger partial charge is 0.371 e. The van der Waals surface area contributed by atoms with Gasteiger partial charge in [0.25, 0.3) is 0 Å². The van der Waals surface area contributed by atoms with Crippen molar-refractivity contribution in [1.29, 1.82) is 0 Å². The number of hydrogen-bond donors (Lipinski definition) is 1. The number of anilines is 1. The van der Waals surface area contributed by atoms with Gasteiger partial charge in [0, 0.05) is 31.5 Å². The van der Waals surface area contributed by atoms with Crippen LogP contribution >= 0.6 is 0 Å². The molecule has 2 fully saturated rings. The van der Waals surface area contributed by atoms with E-state index in [1.54, 1.807) is 0 Å². The van der Waals surface area contributed by atoms with Crippen LogP contribution in [-0.4, -0.2) is 24.6 Å². The average Bonchev–Trinajstić information content (AvgIpc) is 3.31. The summed E-state index contributed by atoms with van der Waals surface area (Å²) in [6, 6.07) is 4.45. The van der Waals surface area contributed by atoms with Crippen LogP contribution in [-0.2, 0) is 6.54 Å². The summed E-state index contributed by atoms with van der Waals surface area (Å²) in [5.74, 6) is 1.90. The number of nitrogens with one attached hydrogen (secondary N) is 1. The number of aromatic nitrogens is 1. The van der Waals surface area contributed by atoms with Gasteiger partial charge in [0.15, 0.2) is 0 Å². The van der Waals surface area contributed by atoms with Crippen molar-refractivity contribution < 1.29 is 0 Å². The van der Waals surface area contributed by atoms with Gasteiger partial charge in [0.1, 0.15) is 0 Å². The number of rotatable bonds is 8. The van der Waals surface area contributed by atoms with Crippen molar-refractivity contribution in [3.63, 3.8) is 0 Å². The third kappa shape index (κ3) is 3.93. The topological polar surface area (TPSA) is 28.2 Å². The zero-order valence-electron chi connectivity index (χ0n) is 11.9. The van der Waals surface area contributed by atoms with E-state index in [4.69, 9.17) is 0 Å². The Morgan fingerprint density at radius 1 is 1.21 bits per heavy atom. The van der Waals surface area contributed by atoms with E-state index in [2.05, 4.69) is 34.3 Å². The highest BCUT2D eigenvalue weighted by Crippen LogP contribution is 2.35. The molecule has 3 rings (SSSR count). The molecule has 0 amide bonds. The molecule has 1 heterocycles. The van der Waals surface area contributed by atoms with Crippen molar-refractivity contribution in [1.82, 2.24) is 10.3 Å². The van der Waals surface area contributed by atoms with Crippen LogP contribution in [0.15, 0.2) is 18.3 Å². The first-order chi connectivity index (χ1) is 9.35. The Kier molecular flexibility index (Phi) is 4.02. The Balaban J connectivity index is 1.67. The Hall–Kier alpha value is -1.09. The SMILES string of the molecule is CCNCc1cc(N(CC2CC2)CC2CC2)ccn1. The molecule has 3 heteroatoms. The number of hydrogen-bond acceptors (Lipinski definition) is 3. The van der Waals surface area contributed by atoms with Crippen LogP contribution in [0.5, 0.6) is 0 Å². The molecule has 1 N–H and O–H groups in total. The average molecular weight is 259 g/mol. The van der Waals surface area contributed by atoms with E-state index >= 15 is 0 Å². The summed E-state index contributed by atoms with van der Waals surface area (Å²) in [5, 5.41) is 3.36. The summed E-state index contributed by atoms with van der Waals surface area (Å²) in [6.07, 6.45) is 7.68. The second-order valence-electron chi connectivity index (χ2n) is 6.08. The Morgan fingerprint density at radius 3 is 2.47 bits per heavy atom. The molecule has 1 aromatic rings. The molecule has 0 spiro atoms. The maximum absolute atomic E-state index is 4.46. The summed E-state index contributed by atoms with van der Waals surface area (Å²) in [5.41, 5.74) is 2.54. The van der Waals surface area contributed by atoms with Crippen molar-refractivity contribution in [3.8, 4) is 0 Å². The van der Waals surface area contributed by atoms with Crippen molar-refractivity contribution in [2.24, 2.45) is 11.8 Å². The lowest BCUT2D eigenvalue weighted by molar-refractivity contribution is 0.675. The van der Waals surface area contributed by atoms with Gasteiger partial charge in [-0.3, -0.25) is 4.98 Å². The molecule has 0 unspecified atom stereocenters. The van der Waals surface area contributed by atoms with E-state index in [1.807, 2.05) is 6.20 Å². The molecule has 104 valence electrons. The van der Waals surface area contributed by atoms with E-state index in [-0.39, 0.29) is 0 Å². The van der Waals surface area contributed by atoms with E-state index < -0.39 is 0 Å². The third-order valence-electron chi connectivity index (χ3n) is 4.07. The van der Waals surface area contributed by atoms with Gasteiger partial charge in [-0.2, -0.15) is 0 Å². The monoisotopic (exact) mass is 259 g/mol. The van der Waals surface area contributed by atoms with E-state index in [1.165, 1.54) is 44.5 Å². The minimum absolute atomic E-state index is 0.880. The molecular weight excluding hydrogens is 234 g/mol. The van der Waals surface area contributed by atoms with Gasteiger partial charge < -0.3 is 10.2 Å². The fourth-order valence-electron chi connectivity index (χ4n) is 2.52. The lowest BCUT2D eigenvalue weighted by Gasteiger charge is -2.25. The first-order valence-electron chi connectivity index (χ1n) is 7.75. The van der Waals surface area contributed by atoms with Gasteiger partial charge in [0.05, 0.1) is 5.69 Å². The molecule has 0 aromatic carbocycles. The van der Waals surface area contributed by atoms with Crippen molar-refractivity contribution in [3.05, 3.63) is 24.0 Å². The Bertz CT molecular complexity index is 396. The molecule has 0 radical (unpaired) electrons. The zero-order valence-corrected chi connectivity index (χ0v) is 11.9. The summed E-state index contributed by atoms with van der Waals surface area (Å²) in [4.78, 5) is 7.06. The lowest BCUT2D eigenvalue weighted by atomic mass is 10.2. The molecule has 2 aliphatic rings. The minimum atomic E-state index is 0.880. The first kappa shape index (κ1) is 12.9. The van der Waals surface area contributed by atoms with Gasteiger partial charge in [-0.05, 0) is 56.2 Å². The molecule has 0 saturated heterocycles. The van der Waals surface area contributed by atoms with Crippen LogP contribution in [0.2, 0.25) is 0 Å². The minimum Gasteiger partial charge on any atom is -0.371 e. The smallest absolute Gasteiger partial charge is 0.0562 e. The molecule has 0 bridgehead atoms. The van der Waals surface area contributed by atoms with Crippen molar-refractivity contribution in [2.75, 3.05) is 24.5 Å². The summed E-state index contributed by atoms with van der Waals surface area (Å²) in [7, 11) is 0. The first-order valence-corrected chi connectivity index (χ1v) is 7.75. The van der Waals surface area contributed by atoms with Gasteiger partial charge in [0.2, 0.25) is 0 Å². The quantitative estimate of drug-likeness (QED) is 0.778. The predicted molar refractivity (Wildman–Crippen MR) is 79.3 cm³/mol. The van der Waals surface area contributed by atoms with Crippen LogP contribution in [0.3, 0.4) is 0 Å². The fraction of sp³-hybridized carbons (Fsp3) is 0.688. The van der Waals surface area contributed by atoms with Crippen LogP contribution in [0.25, 0.3) is 0 Å². The van der Waals surface area contributed by atoms with Gasteiger partial charge in [-0.25, -0.2) is 0 Å².